The Kier molecular flexibility index (Phi) is 9.22. The van der Waals surface area contributed by atoms with Crippen LogP contribution in [0.3, 0.4) is 0 Å². The molecule has 3 heterocycles. The molecule has 70 heavy (non-hydrogen) atoms. The first-order valence-electron chi connectivity index (χ1n) is 27.7. The number of hydrogen-bond donors (Lipinski definition) is 0. The van der Waals surface area contributed by atoms with Crippen LogP contribution in [-0.4, -0.2) is 6.71 Å². The Bertz CT molecular complexity index is 3240. The number of anilines is 6. The summed E-state index contributed by atoms with van der Waals surface area (Å²) in [5.74, 6) is 0.523. The zero-order chi connectivity index (χ0) is 49.0. The van der Waals surface area contributed by atoms with E-state index in [1.54, 1.807) is 5.56 Å². The molecule has 13 rings (SSSR count). The summed E-state index contributed by atoms with van der Waals surface area (Å²) in [6.07, 6.45) is 15.0. The molecule has 2 atom stereocenters. The standard InChI is InChI=1S/C66H79BN2O/c1-39-30-46-48(64(11,12)27-26-62(46,7)8)36-52(39)69-53-33-42(60(2,3)4)20-23-51(53)67-57-54(31-41(32-55(57)69)40-18-16-15-17-19-40)68(43-21-22-45-47(34-43)63(9,10)25-24-61(45,5)6)58-44-35-49-50(37-56(44)70-59(58)67)66(14)29-28-65(49,13)38-66/h20-23,30-37,40H,15-19,24-29,38H2,1-14H3. The third kappa shape index (κ3) is 6.25. The molecule has 362 valence electrons. The van der Waals surface area contributed by atoms with Crippen molar-refractivity contribution in [2.24, 2.45) is 0 Å². The molecule has 2 bridgehead atoms. The number of hydrogen-bond acceptors (Lipinski definition) is 3. The fourth-order valence-electron chi connectivity index (χ4n) is 15.9. The van der Waals surface area contributed by atoms with Gasteiger partial charge in [-0.15, -0.1) is 0 Å². The smallest absolute Gasteiger partial charge is 0.297 e. The van der Waals surface area contributed by atoms with Gasteiger partial charge in [-0.05, 0) is 218 Å². The van der Waals surface area contributed by atoms with Crippen molar-refractivity contribution >= 4 is 68.4 Å². The molecule has 6 aromatic rings. The van der Waals surface area contributed by atoms with Gasteiger partial charge in [0, 0.05) is 33.8 Å². The molecular formula is C66H79BN2O. The third-order valence-corrected chi connectivity index (χ3v) is 20.6. The molecule has 0 amide bonds. The first-order valence-corrected chi connectivity index (χ1v) is 27.7. The summed E-state index contributed by atoms with van der Waals surface area (Å²) in [7, 11) is 0. The molecule has 0 saturated heterocycles. The van der Waals surface area contributed by atoms with Crippen LogP contribution in [0.5, 0.6) is 0 Å². The molecule has 5 aromatic carbocycles. The lowest BCUT2D eigenvalue weighted by atomic mass is 9.35. The van der Waals surface area contributed by atoms with Crippen LogP contribution in [-0.2, 0) is 37.9 Å². The number of rotatable bonds is 3. The van der Waals surface area contributed by atoms with Crippen LogP contribution in [0.15, 0.2) is 77.2 Å². The fraction of sp³-hybridized carbons (Fsp3) is 0.515. The summed E-state index contributed by atoms with van der Waals surface area (Å²) < 4.78 is 7.72. The number of furan rings is 1. The molecule has 1 aromatic heterocycles. The van der Waals surface area contributed by atoms with Gasteiger partial charge >= 0.3 is 0 Å². The second-order valence-corrected chi connectivity index (χ2v) is 28.4. The van der Waals surface area contributed by atoms with Gasteiger partial charge in [0.2, 0.25) is 0 Å². The average molecular weight is 927 g/mol. The van der Waals surface area contributed by atoms with E-state index in [1.807, 2.05) is 0 Å². The number of aryl methyl sites for hydroxylation is 1. The Morgan fingerprint density at radius 1 is 0.543 bits per heavy atom. The molecule has 2 unspecified atom stereocenters. The summed E-state index contributed by atoms with van der Waals surface area (Å²) in [5, 5.41) is 1.28. The van der Waals surface area contributed by atoms with Crippen LogP contribution in [0, 0.1) is 6.92 Å². The van der Waals surface area contributed by atoms with Crippen molar-refractivity contribution < 1.29 is 4.42 Å². The van der Waals surface area contributed by atoms with Crippen molar-refractivity contribution in [3.05, 3.63) is 123 Å². The zero-order valence-corrected chi connectivity index (χ0v) is 45.4. The Morgan fingerprint density at radius 2 is 1.13 bits per heavy atom. The van der Waals surface area contributed by atoms with Crippen molar-refractivity contribution in [1.82, 2.24) is 0 Å². The van der Waals surface area contributed by atoms with Crippen molar-refractivity contribution in [2.75, 3.05) is 9.80 Å². The second-order valence-electron chi connectivity index (χ2n) is 28.4. The molecule has 5 aliphatic carbocycles. The second kappa shape index (κ2) is 14.3. The first-order chi connectivity index (χ1) is 32.9. The third-order valence-electron chi connectivity index (χ3n) is 20.6. The molecule has 0 spiro atoms. The normalized spacial score (nSPS) is 25.3. The SMILES string of the molecule is Cc1cc2c(cc1N1c3cc(C(C)(C)C)ccc3B3c4oc5cc6c(cc5c4N(c4ccc5c(c4)C(C)(C)CCC5(C)C)c4cc(C5CCCCC5)cc1c43)C1(C)CCC6(C)C1)C(C)(C)CCC2(C)C. The summed E-state index contributed by atoms with van der Waals surface area (Å²) in [5.41, 5.74) is 26.9. The van der Waals surface area contributed by atoms with Gasteiger partial charge in [-0.3, -0.25) is 0 Å². The highest BCUT2D eigenvalue weighted by Gasteiger charge is 2.55. The van der Waals surface area contributed by atoms with Gasteiger partial charge in [-0.2, -0.15) is 0 Å². The monoisotopic (exact) mass is 927 g/mol. The highest BCUT2D eigenvalue weighted by molar-refractivity contribution is 7.00. The van der Waals surface area contributed by atoms with Crippen molar-refractivity contribution in [2.45, 2.75) is 218 Å². The van der Waals surface area contributed by atoms with E-state index >= 15 is 0 Å². The maximum atomic E-state index is 7.72. The van der Waals surface area contributed by atoms with Gasteiger partial charge in [-0.25, -0.2) is 0 Å². The van der Waals surface area contributed by atoms with Crippen LogP contribution >= 0.6 is 0 Å². The van der Waals surface area contributed by atoms with Gasteiger partial charge < -0.3 is 14.2 Å². The van der Waals surface area contributed by atoms with Crippen LogP contribution in [0.25, 0.3) is 11.0 Å². The lowest BCUT2D eigenvalue weighted by Crippen LogP contribution is -2.61. The van der Waals surface area contributed by atoms with Gasteiger partial charge in [0.25, 0.3) is 6.71 Å². The molecular weight excluding hydrogens is 848 g/mol. The Morgan fingerprint density at radius 3 is 1.77 bits per heavy atom. The largest absolute Gasteiger partial charge is 0.468 e. The number of fused-ring (bicyclic) bond motifs is 13. The predicted molar refractivity (Wildman–Crippen MR) is 299 cm³/mol. The van der Waals surface area contributed by atoms with E-state index in [-0.39, 0.29) is 44.6 Å². The molecule has 4 heteroatoms. The van der Waals surface area contributed by atoms with Crippen LogP contribution < -0.4 is 26.4 Å². The Labute approximate surface area is 421 Å². The molecule has 0 N–H and O–H groups in total. The maximum absolute atomic E-state index is 7.72. The Hall–Kier alpha value is -4.70. The van der Waals surface area contributed by atoms with Gasteiger partial charge in [0.05, 0.1) is 11.3 Å². The van der Waals surface area contributed by atoms with E-state index in [0.717, 1.165) is 11.2 Å². The van der Waals surface area contributed by atoms with E-state index < -0.39 is 0 Å². The quantitative estimate of drug-likeness (QED) is 0.165. The van der Waals surface area contributed by atoms with Gasteiger partial charge in [0.1, 0.15) is 5.58 Å². The van der Waals surface area contributed by atoms with E-state index in [0.29, 0.717) is 5.92 Å². The van der Waals surface area contributed by atoms with E-state index in [4.69, 9.17) is 4.42 Å². The molecule has 2 saturated carbocycles. The van der Waals surface area contributed by atoms with E-state index in [9.17, 15) is 0 Å². The summed E-state index contributed by atoms with van der Waals surface area (Å²) >= 11 is 0. The van der Waals surface area contributed by atoms with E-state index in [2.05, 4.69) is 180 Å². The zero-order valence-electron chi connectivity index (χ0n) is 45.4. The maximum Gasteiger partial charge on any atom is 0.297 e. The van der Waals surface area contributed by atoms with Crippen LogP contribution in [0.1, 0.15) is 223 Å². The number of nitrogens with zero attached hydrogens (tertiary/aromatic N) is 2. The molecule has 2 aliphatic heterocycles. The fourth-order valence-corrected chi connectivity index (χ4v) is 15.9. The summed E-state index contributed by atoms with van der Waals surface area (Å²) in [6.45, 7) is 34.4. The van der Waals surface area contributed by atoms with Crippen LogP contribution in [0.4, 0.5) is 34.1 Å². The summed E-state index contributed by atoms with van der Waals surface area (Å²) in [6, 6.07) is 30.9. The Balaban J connectivity index is 1.16. The molecule has 7 aliphatic rings. The topological polar surface area (TPSA) is 19.6 Å². The summed E-state index contributed by atoms with van der Waals surface area (Å²) in [4.78, 5) is 5.50. The minimum atomic E-state index is -0.0663. The average Bonchev–Trinajstić information content (AvgIpc) is 3.92. The minimum Gasteiger partial charge on any atom is -0.468 e. The molecule has 2 fully saturated rings. The lowest BCUT2D eigenvalue weighted by molar-refractivity contribution is 0.332. The lowest BCUT2D eigenvalue weighted by Gasteiger charge is -2.46. The first kappa shape index (κ1) is 45.2. The van der Waals surface area contributed by atoms with E-state index in [1.165, 1.54) is 172 Å². The molecule has 0 radical (unpaired) electrons. The highest BCUT2D eigenvalue weighted by Crippen LogP contribution is 2.62. The van der Waals surface area contributed by atoms with Crippen molar-refractivity contribution in [3.8, 4) is 0 Å². The minimum absolute atomic E-state index is 0.0260. The van der Waals surface area contributed by atoms with Crippen molar-refractivity contribution in [3.63, 3.8) is 0 Å². The number of benzene rings is 5. The highest BCUT2D eigenvalue weighted by atomic mass is 16.3. The van der Waals surface area contributed by atoms with Gasteiger partial charge in [0.15, 0.2) is 0 Å². The van der Waals surface area contributed by atoms with Crippen LogP contribution in [0.2, 0.25) is 0 Å². The van der Waals surface area contributed by atoms with Gasteiger partial charge in [-0.1, -0.05) is 134 Å². The molecule has 3 nitrogen and oxygen atoms in total. The van der Waals surface area contributed by atoms with Crippen molar-refractivity contribution in [1.29, 1.82) is 0 Å². The predicted octanol–water partition coefficient (Wildman–Crippen LogP) is 16.6.